The number of nitrogens with two attached hydrogens (primary N) is 7. The molecule has 1 aliphatic rings. The molecule has 1 fully saturated rings. The van der Waals surface area contributed by atoms with Crippen LogP contribution in [0.3, 0.4) is 0 Å². The summed E-state index contributed by atoms with van der Waals surface area (Å²) in [6.07, 6.45) is 1.66. The third kappa shape index (κ3) is 18.5. The molecule has 0 bridgehead atoms. The Bertz CT molecular complexity index is 1850. The van der Waals surface area contributed by atoms with Crippen molar-refractivity contribution in [1.29, 1.82) is 0 Å². The van der Waals surface area contributed by atoms with E-state index in [0.29, 0.717) is 12.1 Å². The zero-order chi connectivity index (χ0) is 48.1. The second-order valence-corrected chi connectivity index (χ2v) is 15.5. The van der Waals surface area contributed by atoms with Crippen LogP contribution in [0.4, 0.5) is 0 Å². The standard InChI is InChI=1S/C37H63N17O10/c1-18(2)28(40)33(61)50-20(6-3-11-46-36(41)42)29(57)49-21(9-10-26(38)55)30(58)52-23(14-19-16-45-17-48-19)31(59)53-24(15-27(39)56)34(62)54-13-5-8-25(54)32(60)51-22(35(63)64)7-4-12-47-37(43)44/h16-18,20-25,28H,3-15,40H2,1-2H3,(H2,38,55)(H2,39,56)(H,45,48)(H,49,57)(H,50,61)(H,51,60)(H,52,58)(H,53,59)(H,63,64)(H4,41,42,46)(H4,43,44,47)/t20-,21-,22-,23-,24-,25-,28-/m0/s1. The zero-order valence-electron chi connectivity index (χ0n) is 35.9. The lowest BCUT2D eigenvalue weighted by Gasteiger charge is -2.30. The van der Waals surface area contributed by atoms with Crippen LogP contribution in [0.25, 0.3) is 0 Å². The molecule has 0 spiro atoms. The van der Waals surface area contributed by atoms with E-state index in [4.69, 9.17) is 40.1 Å². The number of aliphatic carboxylic acids is 1. The van der Waals surface area contributed by atoms with Gasteiger partial charge >= 0.3 is 5.97 Å². The highest BCUT2D eigenvalue weighted by molar-refractivity contribution is 5.98. The third-order valence-electron chi connectivity index (χ3n) is 9.94. The Hall–Kier alpha value is -7.06. The number of carbonyl (C=O) groups is 9. The van der Waals surface area contributed by atoms with Crippen molar-refractivity contribution in [3.63, 3.8) is 0 Å². The molecule has 8 amide bonds. The number of rotatable bonds is 28. The summed E-state index contributed by atoms with van der Waals surface area (Å²) in [7, 11) is 0. The van der Waals surface area contributed by atoms with Crippen molar-refractivity contribution in [1.82, 2.24) is 41.5 Å². The first kappa shape index (κ1) is 53.1. The first-order chi connectivity index (χ1) is 30.1. The molecule has 21 N–H and O–H groups in total. The largest absolute Gasteiger partial charge is 0.480 e. The molecular weight excluding hydrogens is 843 g/mol. The molecule has 1 aromatic rings. The Morgan fingerprint density at radius 1 is 0.750 bits per heavy atom. The van der Waals surface area contributed by atoms with Crippen LogP contribution in [0.2, 0.25) is 0 Å². The van der Waals surface area contributed by atoms with Crippen LogP contribution in [0.5, 0.6) is 0 Å². The van der Waals surface area contributed by atoms with Gasteiger partial charge in [-0.3, -0.25) is 48.3 Å². The molecule has 356 valence electrons. The van der Waals surface area contributed by atoms with Gasteiger partial charge in [0.15, 0.2) is 11.9 Å². The molecule has 7 atom stereocenters. The van der Waals surface area contributed by atoms with Gasteiger partial charge in [-0.15, -0.1) is 0 Å². The van der Waals surface area contributed by atoms with Gasteiger partial charge in [-0.2, -0.15) is 0 Å². The summed E-state index contributed by atoms with van der Waals surface area (Å²) in [5.41, 5.74) is 38.6. The van der Waals surface area contributed by atoms with Crippen molar-refractivity contribution in [3.05, 3.63) is 18.2 Å². The molecule has 27 heteroatoms. The van der Waals surface area contributed by atoms with E-state index in [0.717, 1.165) is 4.90 Å². The van der Waals surface area contributed by atoms with Gasteiger partial charge in [-0.1, -0.05) is 13.8 Å². The van der Waals surface area contributed by atoms with Gasteiger partial charge in [0.05, 0.1) is 18.8 Å². The minimum atomic E-state index is -1.67. The number of hydrogen-bond donors (Lipinski definition) is 14. The van der Waals surface area contributed by atoms with Crippen LogP contribution < -0.4 is 66.7 Å². The number of hydrogen-bond acceptors (Lipinski definition) is 13. The number of H-pyrrole nitrogens is 1. The number of carboxylic acid groups (broad SMARTS) is 1. The van der Waals surface area contributed by atoms with Gasteiger partial charge < -0.3 is 81.7 Å². The van der Waals surface area contributed by atoms with Crippen LogP contribution in [-0.4, -0.2) is 147 Å². The highest BCUT2D eigenvalue weighted by Crippen LogP contribution is 2.20. The van der Waals surface area contributed by atoms with Crippen LogP contribution in [0.15, 0.2) is 22.5 Å². The molecule has 0 radical (unpaired) electrons. The average molecular weight is 906 g/mol. The monoisotopic (exact) mass is 905 g/mol. The van der Waals surface area contributed by atoms with Crippen molar-refractivity contribution >= 4 is 65.1 Å². The molecule has 2 heterocycles. The number of nitrogens with one attached hydrogen (secondary N) is 6. The maximum absolute atomic E-state index is 14.1. The molecule has 1 aliphatic heterocycles. The Morgan fingerprint density at radius 3 is 1.80 bits per heavy atom. The quantitative estimate of drug-likeness (QED) is 0.0211. The van der Waals surface area contributed by atoms with Gasteiger partial charge in [0, 0.05) is 44.4 Å². The molecule has 0 aromatic carbocycles. The number of carboxylic acids is 1. The zero-order valence-corrected chi connectivity index (χ0v) is 35.9. The van der Waals surface area contributed by atoms with E-state index in [-0.39, 0.29) is 82.4 Å². The third-order valence-corrected chi connectivity index (χ3v) is 9.94. The highest BCUT2D eigenvalue weighted by atomic mass is 16.4. The van der Waals surface area contributed by atoms with E-state index in [1.807, 2.05) is 0 Å². The molecule has 0 saturated carbocycles. The lowest BCUT2D eigenvalue weighted by molar-refractivity contribution is -0.145. The van der Waals surface area contributed by atoms with Crippen LogP contribution in [0, 0.1) is 5.92 Å². The summed E-state index contributed by atoms with van der Waals surface area (Å²) in [4.78, 5) is 134. The van der Waals surface area contributed by atoms with Gasteiger partial charge in [-0.05, 0) is 50.9 Å². The van der Waals surface area contributed by atoms with E-state index in [9.17, 15) is 48.3 Å². The summed E-state index contributed by atoms with van der Waals surface area (Å²) in [6.45, 7) is 3.60. The number of guanidine groups is 2. The lowest BCUT2D eigenvalue weighted by Crippen LogP contribution is -2.60. The van der Waals surface area contributed by atoms with Gasteiger partial charge in [0.1, 0.15) is 36.3 Å². The number of nitrogens with zero attached hydrogens (tertiary/aromatic N) is 4. The van der Waals surface area contributed by atoms with Crippen molar-refractivity contribution in [3.8, 4) is 0 Å². The highest BCUT2D eigenvalue weighted by Gasteiger charge is 2.40. The van der Waals surface area contributed by atoms with Crippen molar-refractivity contribution in [2.75, 3.05) is 19.6 Å². The first-order valence-corrected chi connectivity index (χ1v) is 20.6. The topological polar surface area (TPSA) is 473 Å². The number of aromatic amines is 1. The fourth-order valence-electron chi connectivity index (χ4n) is 6.47. The maximum atomic E-state index is 14.1. The number of carbonyl (C=O) groups excluding carboxylic acids is 8. The SMILES string of the molecule is CC(C)[C@H](N)C(=O)N[C@@H](CCCN=C(N)N)C(=O)N[C@@H](CCC(N)=O)C(=O)N[C@@H](Cc1cnc[nH]1)C(=O)N[C@@H](CC(N)=O)C(=O)N1CCC[C@H]1C(=O)N[C@@H](CCCN=C(N)N)C(=O)O. The predicted molar refractivity (Wildman–Crippen MR) is 229 cm³/mol. The first-order valence-electron chi connectivity index (χ1n) is 20.6. The van der Waals surface area contributed by atoms with E-state index < -0.39 is 108 Å². The maximum Gasteiger partial charge on any atom is 0.326 e. The minimum absolute atomic E-state index is 0.00102. The molecule has 1 aromatic heterocycles. The van der Waals surface area contributed by atoms with Gasteiger partial charge in [0.25, 0.3) is 0 Å². The second-order valence-electron chi connectivity index (χ2n) is 15.5. The fraction of sp³-hybridized carbons (Fsp3) is 0.622. The molecule has 27 nitrogen and oxygen atoms in total. The molecule has 1 saturated heterocycles. The lowest BCUT2D eigenvalue weighted by atomic mass is 10.0. The number of imidazole rings is 1. The summed E-state index contributed by atoms with van der Waals surface area (Å²) in [6, 6.07) is -9.53. The molecule has 0 unspecified atom stereocenters. The fourth-order valence-corrected chi connectivity index (χ4v) is 6.47. The Kier molecular flexibility index (Phi) is 21.9. The average Bonchev–Trinajstić information content (AvgIpc) is 3.93. The van der Waals surface area contributed by atoms with E-state index in [1.165, 1.54) is 12.5 Å². The van der Waals surface area contributed by atoms with Gasteiger partial charge in [-0.25, -0.2) is 9.78 Å². The van der Waals surface area contributed by atoms with Crippen molar-refractivity contribution < 1.29 is 48.3 Å². The van der Waals surface area contributed by atoms with E-state index >= 15 is 0 Å². The summed E-state index contributed by atoms with van der Waals surface area (Å²) >= 11 is 0. The normalized spacial score (nSPS) is 16.1. The van der Waals surface area contributed by atoms with E-state index in [2.05, 4.69) is 46.5 Å². The summed E-state index contributed by atoms with van der Waals surface area (Å²) in [5.74, 6) is -9.07. The van der Waals surface area contributed by atoms with Crippen LogP contribution in [0.1, 0.15) is 77.3 Å². The number of likely N-dealkylation sites (tertiary alicyclic amines) is 1. The molecule has 2 rings (SSSR count). The van der Waals surface area contributed by atoms with Crippen molar-refractivity contribution in [2.45, 2.75) is 120 Å². The summed E-state index contributed by atoms with van der Waals surface area (Å²) < 4.78 is 0. The van der Waals surface area contributed by atoms with Gasteiger partial charge in [0.2, 0.25) is 47.3 Å². The predicted octanol–water partition coefficient (Wildman–Crippen LogP) is -6.32. The van der Waals surface area contributed by atoms with Crippen LogP contribution >= 0.6 is 0 Å². The molecular formula is C37H63N17O10. The number of primary amides is 2. The van der Waals surface area contributed by atoms with Crippen LogP contribution in [-0.2, 0) is 49.6 Å². The number of aliphatic imine (C=N–C) groups is 2. The Morgan fingerprint density at radius 2 is 1.28 bits per heavy atom. The smallest absolute Gasteiger partial charge is 0.326 e. The number of aromatic nitrogens is 2. The Labute approximate surface area is 368 Å². The number of amides is 8. The summed E-state index contributed by atoms with van der Waals surface area (Å²) in [5, 5.41) is 22.2. The van der Waals surface area contributed by atoms with E-state index in [1.54, 1.807) is 13.8 Å². The van der Waals surface area contributed by atoms with Crippen molar-refractivity contribution in [2.24, 2.45) is 56.0 Å². The molecule has 64 heavy (non-hydrogen) atoms. The second kappa shape index (κ2) is 26.4. The minimum Gasteiger partial charge on any atom is -0.480 e. The molecule has 0 aliphatic carbocycles. The Balaban J connectivity index is 2.38.